The van der Waals surface area contributed by atoms with Gasteiger partial charge >= 0.3 is 0 Å². The molecule has 1 aliphatic rings. The fraction of sp³-hybridized carbons (Fsp3) is 0.471. The summed E-state index contributed by atoms with van der Waals surface area (Å²) in [5.41, 5.74) is 1.59. The number of primary sulfonamides is 1. The molecule has 9 nitrogen and oxygen atoms in total. The van der Waals surface area contributed by atoms with Gasteiger partial charge in [-0.25, -0.2) is 26.3 Å². The van der Waals surface area contributed by atoms with E-state index in [0.717, 1.165) is 28.9 Å². The topological polar surface area (TPSA) is 119 Å². The summed E-state index contributed by atoms with van der Waals surface area (Å²) in [5, 5.41) is 9.61. The average molecular weight is 428 g/mol. The number of hydrogen-bond acceptors (Lipinski definition) is 6. The van der Waals surface area contributed by atoms with Gasteiger partial charge in [0, 0.05) is 52.0 Å². The van der Waals surface area contributed by atoms with E-state index >= 15 is 0 Å². The van der Waals surface area contributed by atoms with Crippen LogP contribution in [0.3, 0.4) is 0 Å². The summed E-state index contributed by atoms with van der Waals surface area (Å²) >= 11 is 0. The van der Waals surface area contributed by atoms with Crippen LogP contribution < -0.4 is 10.0 Å². The van der Waals surface area contributed by atoms with Crippen molar-refractivity contribution in [3.8, 4) is 0 Å². The minimum absolute atomic E-state index is 0.102. The molecule has 0 radical (unpaired) electrons. The molecule has 11 heteroatoms. The maximum Gasteiger partial charge on any atom is 0.242 e. The van der Waals surface area contributed by atoms with Gasteiger partial charge < -0.3 is 4.90 Å². The Morgan fingerprint density at radius 2 is 1.75 bits per heavy atom. The summed E-state index contributed by atoms with van der Waals surface area (Å²) in [6, 6.07) is 6.09. The highest BCUT2D eigenvalue weighted by Crippen LogP contribution is 2.34. The van der Waals surface area contributed by atoms with Crippen molar-refractivity contribution in [2.45, 2.75) is 28.6 Å². The Hall–Kier alpha value is -1.95. The fourth-order valence-electron chi connectivity index (χ4n) is 3.56. The van der Waals surface area contributed by atoms with E-state index in [1.807, 2.05) is 22.7 Å². The van der Waals surface area contributed by atoms with Crippen molar-refractivity contribution < 1.29 is 16.8 Å². The summed E-state index contributed by atoms with van der Waals surface area (Å²) in [6.45, 7) is 1.27. The molecule has 0 amide bonds. The second kappa shape index (κ2) is 7.47. The van der Waals surface area contributed by atoms with Crippen molar-refractivity contribution in [3.63, 3.8) is 0 Å². The van der Waals surface area contributed by atoms with Crippen LogP contribution in [0.25, 0.3) is 0 Å². The highest BCUT2D eigenvalue weighted by molar-refractivity contribution is 7.90. The lowest BCUT2D eigenvalue weighted by Gasteiger charge is -2.34. The maximum absolute atomic E-state index is 12.4. The van der Waals surface area contributed by atoms with Gasteiger partial charge in [-0.3, -0.25) is 4.68 Å². The maximum atomic E-state index is 12.4. The molecule has 0 unspecified atom stereocenters. The number of nitrogens with zero attached hydrogens (tertiary/aromatic N) is 4. The first-order valence-electron chi connectivity index (χ1n) is 8.84. The first-order valence-corrected chi connectivity index (χ1v) is 11.8. The fourth-order valence-corrected chi connectivity index (χ4v) is 5.34. The third-order valence-electron chi connectivity index (χ3n) is 5.13. The minimum Gasteiger partial charge on any atom is -0.370 e. The number of aryl methyl sites for hydroxylation is 1. The zero-order valence-electron chi connectivity index (χ0n) is 16.1. The quantitative estimate of drug-likeness (QED) is 0.750. The minimum atomic E-state index is -4.09. The van der Waals surface area contributed by atoms with Crippen LogP contribution in [-0.2, 0) is 27.1 Å². The predicted molar refractivity (Wildman–Crippen MR) is 106 cm³/mol. The molecule has 0 saturated carbocycles. The number of piperidine rings is 1. The summed E-state index contributed by atoms with van der Waals surface area (Å²) < 4.78 is 52.0. The molecule has 2 aromatic rings. The summed E-state index contributed by atoms with van der Waals surface area (Å²) in [4.78, 5) is 1.67. The zero-order valence-corrected chi connectivity index (χ0v) is 17.7. The summed E-state index contributed by atoms with van der Waals surface area (Å²) in [7, 11) is -3.17. The average Bonchev–Trinajstić information content (AvgIpc) is 3.06. The first-order chi connectivity index (χ1) is 13.0. The van der Waals surface area contributed by atoms with Gasteiger partial charge in [0.15, 0.2) is 0 Å². The molecule has 1 fully saturated rings. The van der Waals surface area contributed by atoms with E-state index in [2.05, 4.69) is 5.10 Å². The van der Waals surface area contributed by atoms with Crippen molar-refractivity contribution in [2.24, 2.45) is 12.2 Å². The van der Waals surface area contributed by atoms with Crippen LogP contribution in [0.5, 0.6) is 0 Å². The number of benzene rings is 1. The molecular formula is C17H25N5O4S2. The molecule has 0 aliphatic carbocycles. The highest BCUT2D eigenvalue weighted by atomic mass is 32.2. The Balaban J connectivity index is 1.91. The van der Waals surface area contributed by atoms with Gasteiger partial charge in [0.1, 0.15) is 4.90 Å². The van der Waals surface area contributed by atoms with Crippen LogP contribution in [0.4, 0.5) is 5.69 Å². The molecule has 0 atom stereocenters. The van der Waals surface area contributed by atoms with Crippen LogP contribution in [0.15, 0.2) is 40.3 Å². The van der Waals surface area contributed by atoms with Gasteiger partial charge in [0.2, 0.25) is 20.0 Å². The third-order valence-corrected chi connectivity index (χ3v) is 7.88. The van der Waals surface area contributed by atoms with Crippen LogP contribution >= 0.6 is 0 Å². The van der Waals surface area contributed by atoms with E-state index in [4.69, 9.17) is 5.14 Å². The van der Waals surface area contributed by atoms with Gasteiger partial charge in [0.05, 0.1) is 10.6 Å². The summed E-state index contributed by atoms with van der Waals surface area (Å²) in [5.74, 6) is 0.343. The molecule has 28 heavy (non-hydrogen) atoms. The molecule has 1 saturated heterocycles. The third kappa shape index (κ3) is 3.93. The molecule has 2 heterocycles. The van der Waals surface area contributed by atoms with Crippen LogP contribution in [0.2, 0.25) is 0 Å². The SMILES string of the molecule is CN(C)S(=O)(=O)c1ccc(N2CCC(c3ccnn3C)CC2)c(S(N)(=O)=O)c1. The van der Waals surface area contributed by atoms with Gasteiger partial charge in [-0.05, 0) is 37.1 Å². The Labute approximate surface area is 165 Å². The lowest BCUT2D eigenvalue weighted by Crippen LogP contribution is -2.35. The largest absolute Gasteiger partial charge is 0.370 e. The number of sulfonamides is 2. The molecule has 1 aliphatic heterocycles. The van der Waals surface area contributed by atoms with E-state index in [1.54, 1.807) is 6.20 Å². The van der Waals surface area contributed by atoms with E-state index in [1.165, 1.54) is 26.2 Å². The smallest absolute Gasteiger partial charge is 0.242 e. The molecule has 154 valence electrons. The number of nitrogens with two attached hydrogens (primary N) is 1. The number of rotatable bonds is 5. The zero-order chi connectivity index (χ0) is 20.7. The van der Waals surface area contributed by atoms with Crippen molar-refractivity contribution in [3.05, 3.63) is 36.2 Å². The standard InChI is InChI=1S/C17H25N5O4S2/c1-20(2)28(25,26)14-4-5-16(17(12-14)27(18,23)24)22-10-7-13(8-11-22)15-6-9-19-21(15)3/h4-6,9,12-13H,7-8,10-11H2,1-3H3,(H2,18,23,24). The van der Waals surface area contributed by atoms with Gasteiger partial charge in [-0.15, -0.1) is 0 Å². The monoisotopic (exact) mass is 427 g/mol. The number of anilines is 1. The second-order valence-corrected chi connectivity index (χ2v) is 10.8. The molecular weight excluding hydrogens is 402 g/mol. The van der Waals surface area contributed by atoms with Crippen molar-refractivity contribution in [1.82, 2.24) is 14.1 Å². The van der Waals surface area contributed by atoms with E-state index in [-0.39, 0.29) is 9.79 Å². The molecule has 0 spiro atoms. The first kappa shape index (κ1) is 20.8. The summed E-state index contributed by atoms with van der Waals surface area (Å²) in [6.07, 6.45) is 3.44. The molecule has 2 N–H and O–H groups in total. The van der Waals surface area contributed by atoms with E-state index in [9.17, 15) is 16.8 Å². The van der Waals surface area contributed by atoms with Crippen molar-refractivity contribution in [1.29, 1.82) is 0 Å². The lowest BCUT2D eigenvalue weighted by atomic mass is 9.93. The van der Waals surface area contributed by atoms with Crippen LogP contribution in [0.1, 0.15) is 24.5 Å². The second-order valence-electron chi connectivity index (χ2n) is 7.10. The Morgan fingerprint density at radius 1 is 1.11 bits per heavy atom. The Bertz CT molecular complexity index is 1070. The Morgan fingerprint density at radius 3 is 2.25 bits per heavy atom. The van der Waals surface area contributed by atoms with Crippen LogP contribution in [0, 0.1) is 0 Å². The van der Waals surface area contributed by atoms with Gasteiger partial charge in [-0.1, -0.05) is 0 Å². The van der Waals surface area contributed by atoms with Gasteiger partial charge in [-0.2, -0.15) is 5.10 Å². The molecule has 1 aromatic carbocycles. The molecule has 3 rings (SSSR count). The normalized spacial score (nSPS) is 16.7. The highest BCUT2D eigenvalue weighted by Gasteiger charge is 2.28. The molecule has 1 aromatic heterocycles. The number of hydrogen-bond donors (Lipinski definition) is 1. The number of aromatic nitrogens is 2. The van der Waals surface area contributed by atoms with E-state index < -0.39 is 20.0 Å². The van der Waals surface area contributed by atoms with E-state index in [0.29, 0.717) is 24.7 Å². The molecule has 0 bridgehead atoms. The van der Waals surface area contributed by atoms with Crippen LogP contribution in [-0.4, -0.2) is 58.1 Å². The van der Waals surface area contributed by atoms with Gasteiger partial charge in [0.25, 0.3) is 0 Å². The van der Waals surface area contributed by atoms with Crippen molar-refractivity contribution in [2.75, 3.05) is 32.1 Å². The lowest BCUT2D eigenvalue weighted by molar-refractivity contribution is 0.475. The van der Waals surface area contributed by atoms with Crippen molar-refractivity contribution >= 4 is 25.7 Å². The predicted octanol–water partition coefficient (Wildman–Crippen LogP) is 0.702. The Kier molecular flexibility index (Phi) is 5.54.